The van der Waals surface area contributed by atoms with Gasteiger partial charge in [0, 0.05) is 42.3 Å². The van der Waals surface area contributed by atoms with Crippen LogP contribution in [0.25, 0.3) is 11.3 Å². The molecule has 1 saturated heterocycles. The summed E-state index contributed by atoms with van der Waals surface area (Å²) >= 11 is 5.96. The number of carbonyl (C=O) groups is 1. The Morgan fingerprint density at radius 1 is 1.45 bits per heavy atom. The van der Waals surface area contributed by atoms with Gasteiger partial charge in [-0.25, -0.2) is 0 Å². The van der Waals surface area contributed by atoms with Crippen molar-refractivity contribution in [3.05, 3.63) is 41.1 Å². The predicted molar refractivity (Wildman–Crippen MR) is 87.6 cm³/mol. The summed E-state index contributed by atoms with van der Waals surface area (Å²) in [7, 11) is 0. The highest BCUT2D eigenvalue weighted by atomic mass is 35.5. The van der Waals surface area contributed by atoms with Gasteiger partial charge in [-0.3, -0.25) is 4.79 Å². The summed E-state index contributed by atoms with van der Waals surface area (Å²) in [4.78, 5) is 14.2. The van der Waals surface area contributed by atoms with Crippen LogP contribution in [0.1, 0.15) is 17.5 Å². The van der Waals surface area contributed by atoms with Gasteiger partial charge in [-0.05, 0) is 19.1 Å². The van der Waals surface area contributed by atoms with Gasteiger partial charge in [-0.1, -0.05) is 28.9 Å². The molecule has 0 saturated carbocycles. The predicted octanol–water partition coefficient (Wildman–Crippen LogP) is 2.85. The Hall–Kier alpha value is -1.56. The third-order valence-corrected chi connectivity index (χ3v) is 3.73. The summed E-state index contributed by atoms with van der Waals surface area (Å²) in [5.41, 5.74) is 1.45. The molecule has 1 fully saturated rings. The van der Waals surface area contributed by atoms with E-state index in [1.165, 1.54) is 0 Å². The van der Waals surface area contributed by atoms with Crippen LogP contribution in [0.4, 0.5) is 0 Å². The number of nitrogens with zero attached hydrogens (tertiary/aromatic N) is 2. The molecule has 0 radical (unpaired) electrons. The number of carbonyl (C=O) groups excluding carboxylic acids is 1. The fourth-order valence-electron chi connectivity index (χ4n) is 2.43. The van der Waals surface area contributed by atoms with Crippen LogP contribution in [0.15, 0.2) is 34.9 Å². The topological polar surface area (TPSA) is 58.4 Å². The van der Waals surface area contributed by atoms with Crippen molar-refractivity contribution in [1.82, 2.24) is 15.4 Å². The molecule has 2 heterocycles. The molecule has 1 unspecified atom stereocenters. The van der Waals surface area contributed by atoms with Gasteiger partial charge in [0.05, 0.1) is 0 Å². The van der Waals surface area contributed by atoms with Gasteiger partial charge in [0.2, 0.25) is 5.76 Å². The smallest absolute Gasteiger partial charge is 0.292 e. The Labute approximate surface area is 140 Å². The molecule has 3 rings (SSSR count). The SMILES string of the molecule is CC1CN(C(=O)c2cc(-c3cccc(Cl)c3)no2)CCN1.Cl. The minimum absolute atomic E-state index is 0. The third kappa shape index (κ3) is 3.61. The van der Waals surface area contributed by atoms with E-state index in [0.717, 1.165) is 12.1 Å². The summed E-state index contributed by atoms with van der Waals surface area (Å²) in [6.45, 7) is 4.20. The summed E-state index contributed by atoms with van der Waals surface area (Å²) in [5.74, 6) is 0.142. The molecule has 0 spiro atoms. The normalized spacial score (nSPS) is 17.9. The summed E-state index contributed by atoms with van der Waals surface area (Å²) in [6.07, 6.45) is 0. The van der Waals surface area contributed by atoms with E-state index >= 15 is 0 Å². The van der Waals surface area contributed by atoms with Crippen molar-refractivity contribution in [2.45, 2.75) is 13.0 Å². The lowest BCUT2D eigenvalue weighted by Crippen LogP contribution is -2.51. The van der Waals surface area contributed by atoms with Gasteiger partial charge in [0.15, 0.2) is 0 Å². The molecule has 2 aromatic rings. The van der Waals surface area contributed by atoms with Crippen molar-refractivity contribution >= 4 is 29.9 Å². The maximum atomic E-state index is 12.4. The number of aromatic nitrogens is 1. The second kappa shape index (κ2) is 7.13. The zero-order valence-corrected chi connectivity index (χ0v) is 13.7. The molecule has 1 aromatic heterocycles. The van der Waals surface area contributed by atoms with Gasteiger partial charge >= 0.3 is 0 Å². The number of amides is 1. The van der Waals surface area contributed by atoms with Crippen molar-refractivity contribution in [3.63, 3.8) is 0 Å². The molecule has 1 aliphatic heterocycles. The minimum atomic E-state index is -0.121. The van der Waals surface area contributed by atoms with E-state index in [2.05, 4.69) is 17.4 Å². The van der Waals surface area contributed by atoms with Crippen molar-refractivity contribution in [2.24, 2.45) is 0 Å². The lowest BCUT2D eigenvalue weighted by Gasteiger charge is -2.31. The van der Waals surface area contributed by atoms with Crippen LogP contribution in [-0.2, 0) is 0 Å². The van der Waals surface area contributed by atoms with Gasteiger partial charge in [-0.2, -0.15) is 0 Å². The molecule has 0 aliphatic carbocycles. The molecule has 1 atom stereocenters. The molecule has 118 valence electrons. The maximum Gasteiger partial charge on any atom is 0.292 e. The molecule has 1 amide bonds. The van der Waals surface area contributed by atoms with Crippen LogP contribution < -0.4 is 5.32 Å². The summed E-state index contributed by atoms with van der Waals surface area (Å²) < 4.78 is 5.20. The van der Waals surface area contributed by atoms with Crippen LogP contribution in [0.2, 0.25) is 5.02 Å². The third-order valence-electron chi connectivity index (χ3n) is 3.50. The minimum Gasteiger partial charge on any atom is -0.350 e. The Morgan fingerprint density at radius 3 is 3.00 bits per heavy atom. The number of halogens is 2. The Kier molecular flexibility index (Phi) is 5.45. The lowest BCUT2D eigenvalue weighted by molar-refractivity contribution is 0.0667. The number of hydrogen-bond acceptors (Lipinski definition) is 4. The van der Waals surface area contributed by atoms with E-state index in [9.17, 15) is 4.79 Å². The summed E-state index contributed by atoms with van der Waals surface area (Å²) in [6, 6.07) is 9.26. The molecule has 1 N–H and O–H groups in total. The number of nitrogens with one attached hydrogen (secondary N) is 1. The fourth-order valence-corrected chi connectivity index (χ4v) is 2.62. The Morgan fingerprint density at radius 2 is 2.27 bits per heavy atom. The van der Waals surface area contributed by atoms with Gasteiger partial charge < -0.3 is 14.7 Å². The molecule has 5 nitrogen and oxygen atoms in total. The molecule has 22 heavy (non-hydrogen) atoms. The number of benzene rings is 1. The molecule has 0 bridgehead atoms. The van der Waals surface area contributed by atoms with Crippen LogP contribution in [0.3, 0.4) is 0 Å². The second-order valence-electron chi connectivity index (χ2n) is 5.19. The molecule has 1 aromatic carbocycles. The quantitative estimate of drug-likeness (QED) is 0.912. The maximum absolute atomic E-state index is 12.4. The van der Waals surface area contributed by atoms with Crippen LogP contribution in [-0.4, -0.2) is 41.6 Å². The van der Waals surface area contributed by atoms with Crippen molar-refractivity contribution in [2.75, 3.05) is 19.6 Å². The van der Waals surface area contributed by atoms with Gasteiger partial charge in [-0.15, -0.1) is 12.4 Å². The van der Waals surface area contributed by atoms with E-state index in [1.54, 1.807) is 23.1 Å². The fraction of sp³-hybridized carbons (Fsp3) is 0.333. The number of piperazine rings is 1. The van der Waals surface area contributed by atoms with Crippen molar-refractivity contribution in [1.29, 1.82) is 0 Å². The number of rotatable bonds is 2. The number of hydrogen-bond donors (Lipinski definition) is 1. The zero-order chi connectivity index (χ0) is 14.8. The largest absolute Gasteiger partial charge is 0.350 e. The highest BCUT2D eigenvalue weighted by Crippen LogP contribution is 2.23. The molecule has 1 aliphatic rings. The Balaban J connectivity index is 0.00000176. The Bertz CT molecular complexity index is 660. The highest BCUT2D eigenvalue weighted by molar-refractivity contribution is 6.30. The van der Waals surface area contributed by atoms with Crippen molar-refractivity contribution < 1.29 is 9.32 Å². The van der Waals surface area contributed by atoms with Crippen molar-refractivity contribution in [3.8, 4) is 11.3 Å². The van der Waals surface area contributed by atoms with Crippen LogP contribution >= 0.6 is 24.0 Å². The monoisotopic (exact) mass is 341 g/mol. The first-order valence-electron chi connectivity index (χ1n) is 6.89. The first-order chi connectivity index (χ1) is 10.1. The van der Waals surface area contributed by atoms with Crippen LogP contribution in [0, 0.1) is 0 Å². The standard InChI is InChI=1S/C15H16ClN3O2.ClH/c1-10-9-19(6-5-17-10)15(20)14-8-13(18-21-14)11-3-2-4-12(16)7-11;/h2-4,7-8,10,17H,5-6,9H2,1H3;1H. The van der Waals surface area contributed by atoms with Gasteiger partial charge in [0.25, 0.3) is 5.91 Å². The zero-order valence-electron chi connectivity index (χ0n) is 12.1. The van der Waals surface area contributed by atoms with Crippen LogP contribution in [0.5, 0.6) is 0 Å². The average Bonchev–Trinajstić information content (AvgIpc) is 2.96. The first kappa shape index (κ1) is 16.8. The molecule has 7 heteroatoms. The van der Waals surface area contributed by atoms with E-state index in [0.29, 0.717) is 23.8 Å². The van der Waals surface area contributed by atoms with Gasteiger partial charge in [0.1, 0.15) is 5.69 Å². The average molecular weight is 342 g/mol. The highest BCUT2D eigenvalue weighted by Gasteiger charge is 2.24. The molecular weight excluding hydrogens is 325 g/mol. The molecular formula is C15H17Cl2N3O2. The van der Waals surface area contributed by atoms with E-state index in [1.807, 2.05) is 12.1 Å². The lowest BCUT2D eigenvalue weighted by atomic mass is 10.1. The van der Waals surface area contributed by atoms with E-state index in [-0.39, 0.29) is 30.1 Å². The van der Waals surface area contributed by atoms with E-state index in [4.69, 9.17) is 16.1 Å². The first-order valence-corrected chi connectivity index (χ1v) is 7.26. The summed E-state index contributed by atoms with van der Waals surface area (Å²) in [5, 5.41) is 7.89. The second-order valence-corrected chi connectivity index (χ2v) is 5.63. The van der Waals surface area contributed by atoms with E-state index < -0.39 is 0 Å².